The molecule has 1 saturated carbocycles. The summed E-state index contributed by atoms with van der Waals surface area (Å²) in [6.07, 6.45) is 1.69. The molecule has 0 aromatic heterocycles. The molecule has 20 heavy (non-hydrogen) atoms. The summed E-state index contributed by atoms with van der Waals surface area (Å²) in [6, 6.07) is 14.9. The van der Waals surface area contributed by atoms with Crippen molar-refractivity contribution in [1.29, 1.82) is 0 Å². The summed E-state index contributed by atoms with van der Waals surface area (Å²) in [7, 11) is 0. The van der Waals surface area contributed by atoms with Crippen LogP contribution in [0.5, 0.6) is 0 Å². The third-order valence-corrected chi connectivity index (χ3v) is 4.95. The monoisotopic (exact) mass is 268 g/mol. The van der Waals surface area contributed by atoms with Crippen LogP contribution in [0, 0.1) is 17.7 Å². The van der Waals surface area contributed by atoms with Crippen LogP contribution in [-0.4, -0.2) is 5.11 Å². The Morgan fingerprint density at radius 2 is 1.95 bits per heavy atom. The van der Waals surface area contributed by atoms with E-state index in [2.05, 4.69) is 24.3 Å². The van der Waals surface area contributed by atoms with Gasteiger partial charge in [-0.1, -0.05) is 36.4 Å². The van der Waals surface area contributed by atoms with Crippen LogP contribution in [0.4, 0.5) is 4.39 Å². The van der Waals surface area contributed by atoms with Gasteiger partial charge in [0.2, 0.25) is 0 Å². The van der Waals surface area contributed by atoms with Crippen molar-refractivity contribution in [3.63, 3.8) is 0 Å². The van der Waals surface area contributed by atoms with Crippen molar-refractivity contribution in [2.45, 2.75) is 24.9 Å². The van der Waals surface area contributed by atoms with Gasteiger partial charge in [0.15, 0.2) is 0 Å². The van der Waals surface area contributed by atoms with Crippen molar-refractivity contribution >= 4 is 0 Å². The van der Waals surface area contributed by atoms with Crippen LogP contribution in [0.1, 0.15) is 35.1 Å². The van der Waals surface area contributed by atoms with Crippen molar-refractivity contribution < 1.29 is 9.50 Å². The summed E-state index contributed by atoms with van der Waals surface area (Å²) >= 11 is 0. The number of hydrogen-bond acceptors (Lipinski definition) is 1. The highest BCUT2D eigenvalue weighted by Gasteiger charge is 2.56. The molecule has 0 bridgehead atoms. The van der Waals surface area contributed by atoms with Crippen LogP contribution in [0.25, 0.3) is 0 Å². The normalized spacial score (nSPS) is 28.4. The van der Waals surface area contributed by atoms with Crippen LogP contribution in [0.15, 0.2) is 48.5 Å². The summed E-state index contributed by atoms with van der Waals surface area (Å²) in [5, 5.41) is 10.6. The number of benzene rings is 2. The Morgan fingerprint density at radius 1 is 1.10 bits per heavy atom. The Bertz CT molecular complexity index is 651. The highest BCUT2D eigenvalue weighted by molar-refractivity contribution is 5.40. The SMILES string of the molecule is OC(c1cccc(F)c1)C1C2CCc3ccccc3C21. The molecule has 2 aromatic carbocycles. The van der Waals surface area contributed by atoms with Crippen molar-refractivity contribution in [2.24, 2.45) is 11.8 Å². The highest BCUT2D eigenvalue weighted by Crippen LogP contribution is 2.64. The quantitative estimate of drug-likeness (QED) is 0.877. The van der Waals surface area contributed by atoms with Crippen LogP contribution in [0.2, 0.25) is 0 Å². The fourth-order valence-electron chi connectivity index (χ4n) is 3.96. The maximum atomic E-state index is 13.3. The van der Waals surface area contributed by atoms with Gasteiger partial charge in [0.25, 0.3) is 0 Å². The lowest BCUT2D eigenvalue weighted by molar-refractivity contribution is 0.144. The Kier molecular flexibility index (Phi) is 2.67. The third-order valence-electron chi connectivity index (χ3n) is 4.95. The molecule has 0 saturated heterocycles. The Balaban J connectivity index is 1.64. The zero-order valence-electron chi connectivity index (χ0n) is 11.2. The summed E-state index contributed by atoms with van der Waals surface area (Å²) in [6.45, 7) is 0. The largest absolute Gasteiger partial charge is 0.388 e. The fraction of sp³-hybridized carbons (Fsp3) is 0.333. The summed E-state index contributed by atoms with van der Waals surface area (Å²) in [5.74, 6) is 0.993. The smallest absolute Gasteiger partial charge is 0.123 e. The average molecular weight is 268 g/mol. The Hall–Kier alpha value is -1.67. The van der Waals surface area contributed by atoms with E-state index in [1.54, 1.807) is 6.07 Å². The lowest BCUT2D eigenvalue weighted by Gasteiger charge is -2.13. The molecule has 0 radical (unpaired) electrons. The van der Waals surface area contributed by atoms with Gasteiger partial charge in [0.1, 0.15) is 5.82 Å². The molecule has 1 N–H and O–H groups in total. The molecule has 2 aromatic rings. The Morgan fingerprint density at radius 3 is 2.80 bits per heavy atom. The molecule has 1 nitrogen and oxygen atoms in total. The van der Waals surface area contributed by atoms with Crippen molar-refractivity contribution in [3.05, 3.63) is 71.0 Å². The lowest BCUT2D eigenvalue weighted by Crippen LogP contribution is -2.02. The number of rotatable bonds is 2. The van der Waals surface area contributed by atoms with Gasteiger partial charge in [-0.05, 0) is 59.4 Å². The van der Waals surface area contributed by atoms with Gasteiger partial charge in [-0.2, -0.15) is 0 Å². The molecule has 2 aliphatic rings. The maximum absolute atomic E-state index is 13.3. The summed E-state index contributed by atoms with van der Waals surface area (Å²) < 4.78 is 13.3. The highest BCUT2D eigenvalue weighted by atomic mass is 19.1. The van der Waals surface area contributed by atoms with E-state index in [9.17, 15) is 9.50 Å². The molecular formula is C18H17FO. The molecule has 102 valence electrons. The summed E-state index contributed by atoms with van der Waals surface area (Å²) in [5.41, 5.74) is 3.52. The van der Waals surface area contributed by atoms with E-state index in [0.717, 1.165) is 12.8 Å². The average Bonchev–Trinajstić information content (AvgIpc) is 3.21. The first-order chi connectivity index (χ1) is 9.75. The van der Waals surface area contributed by atoms with Crippen LogP contribution in [-0.2, 0) is 6.42 Å². The molecule has 4 rings (SSSR count). The molecule has 0 aliphatic heterocycles. The topological polar surface area (TPSA) is 20.2 Å². The lowest BCUT2D eigenvalue weighted by atomic mass is 9.92. The van der Waals surface area contributed by atoms with Gasteiger partial charge >= 0.3 is 0 Å². The first-order valence-electron chi connectivity index (χ1n) is 7.27. The second-order valence-corrected chi connectivity index (χ2v) is 6.00. The third kappa shape index (κ3) is 1.79. The molecule has 4 atom stereocenters. The minimum absolute atomic E-state index is 0.250. The van der Waals surface area contributed by atoms with Gasteiger partial charge in [-0.3, -0.25) is 0 Å². The number of aliphatic hydroxyl groups excluding tert-OH is 1. The van der Waals surface area contributed by atoms with Crippen LogP contribution in [0.3, 0.4) is 0 Å². The van der Waals surface area contributed by atoms with E-state index in [4.69, 9.17) is 0 Å². The molecule has 0 spiro atoms. The molecule has 0 amide bonds. The van der Waals surface area contributed by atoms with Crippen molar-refractivity contribution in [2.75, 3.05) is 0 Å². The zero-order valence-corrected chi connectivity index (χ0v) is 11.2. The molecule has 0 heterocycles. The second kappa shape index (κ2) is 4.42. The van der Waals surface area contributed by atoms with Gasteiger partial charge in [0, 0.05) is 0 Å². The molecule has 1 fully saturated rings. The van der Waals surface area contributed by atoms with Gasteiger partial charge in [-0.15, -0.1) is 0 Å². The minimum atomic E-state index is -0.549. The number of fused-ring (bicyclic) bond motifs is 3. The van der Waals surface area contributed by atoms with Gasteiger partial charge in [-0.25, -0.2) is 4.39 Å². The van der Waals surface area contributed by atoms with Gasteiger partial charge in [0.05, 0.1) is 6.10 Å². The van der Waals surface area contributed by atoms with Crippen molar-refractivity contribution in [1.82, 2.24) is 0 Å². The molecule has 4 unspecified atom stereocenters. The van der Waals surface area contributed by atoms with E-state index in [0.29, 0.717) is 17.4 Å². The molecule has 2 heteroatoms. The predicted molar refractivity (Wildman–Crippen MR) is 75.8 cm³/mol. The van der Waals surface area contributed by atoms with Gasteiger partial charge < -0.3 is 5.11 Å². The van der Waals surface area contributed by atoms with E-state index in [1.165, 1.54) is 23.3 Å². The number of aliphatic hydroxyl groups is 1. The molecule has 2 aliphatic carbocycles. The number of aryl methyl sites for hydroxylation is 1. The standard InChI is InChI=1S/C18H17FO/c19-13-6-3-5-12(10-13)18(20)17-15-9-8-11-4-1-2-7-14(11)16(15)17/h1-7,10,15-18,20H,8-9H2. The maximum Gasteiger partial charge on any atom is 0.123 e. The zero-order chi connectivity index (χ0) is 13.7. The summed E-state index contributed by atoms with van der Waals surface area (Å²) in [4.78, 5) is 0. The second-order valence-electron chi connectivity index (χ2n) is 6.00. The van der Waals surface area contributed by atoms with Crippen molar-refractivity contribution in [3.8, 4) is 0 Å². The number of halogens is 1. The minimum Gasteiger partial charge on any atom is -0.388 e. The van der Waals surface area contributed by atoms with Crippen LogP contribution >= 0.6 is 0 Å². The molecular weight excluding hydrogens is 251 g/mol. The first kappa shape index (κ1) is 12.1. The Labute approximate surface area is 118 Å². The van der Waals surface area contributed by atoms with E-state index in [1.807, 2.05) is 6.07 Å². The van der Waals surface area contributed by atoms with Crippen LogP contribution < -0.4 is 0 Å². The van der Waals surface area contributed by atoms with E-state index in [-0.39, 0.29) is 11.7 Å². The van der Waals surface area contributed by atoms with E-state index < -0.39 is 6.10 Å². The fourth-order valence-corrected chi connectivity index (χ4v) is 3.96. The predicted octanol–water partition coefficient (Wildman–Crippen LogP) is 3.84. The van der Waals surface area contributed by atoms with E-state index >= 15 is 0 Å². The first-order valence-corrected chi connectivity index (χ1v) is 7.27. The number of hydrogen-bond donors (Lipinski definition) is 1.